The Morgan fingerprint density at radius 2 is 1.80 bits per heavy atom. The molecule has 0 bridgehead atoms. The molecule has 0 atom stereocenters. The Morgan fingerprint density at radius 1 is 1.27 bits per heavy atom. The van der Waals surface area contributed by atoms with Crippen LogP contribution in [0.15, 0.2) is 12.1 Å². The first-order valence-electron chi connectivity index (χ1n) is 4.12. The zero-order valence-corrected chi connectivity index (χ0v) is 7.80. The standard InChI is InChI=1S/C9H8F3NO2/c1-2-13(9(14)15)8-4-6(11)5(10)3-7(8)12/h3-4H,2H2,1H3,(H,14,15). The highest BCUT2D eigenvalue weighted by atomic mass is 19.2. The Bertz CT molecular complexity index is 395. The Kier molecular flexibility index (Phi) is 3.18. The third-order valence-corrected chi connectivity index (χ3v) is 1.83. The second kappa shape index (κ2) is 4.20. The van der Waals surface area contributed by atoms with Crippen LogP contribution >= 0.6 is 0 Å². The number of carboxylic acid groups (broad SMARTS) is 1. The number of rotatable bonds is 2. The third-order valence-electron chi connectivity index (χ3n) is 1.83. The fraction of sp³-hybridized carbons (Fsp3) is 0.222. The fourth-order valence-corrected chi connectivity index (χ4v) is 1.13. The third kappa shape index (κ3) is 2.20. The molecule has 1 rings (SSSR count). The normalized spacial score (nSPS) is 10.1. The van der Waals surface area contributed by atoms with Crippen LogP contribution in [0.25, 0.3) is 0 Å². The van der Waals surface area contributed by atoms with Crippen molar-refractivity contribution in [3.05, 3.63) is 29.6 Å². The lowest BCUT2D eigenvalue weighted by Gasteiger charge is -2.17. The van der Waals surface area contributed by atoms with Gasteiger partial charge in [0.25, 0.3) is 0 Å². The topological polar surface area (TPSA) is 40.5 Å². The van der Waals surface area contributed by atoms with Crippen LogP contribution in [-0.2, 0) is 0 Å². The molecule has 0 fully saturated rings. The average molecular weight is 219 g/mol. The maximum Gasteiger partial charge on any atom is 0.411 e. The molecule has 3 nitrogen and oxygen atoms in total. The van der Waals surface area contributed by atoms with Crippen LogP contribution < -0.4 is 4.90 Å². The molecule has 1 aromatic rings. The molecular weight excluding hydrogens is 211 g/mol. The van der Waals surface area contributed by atoms with Crippen molar-refractivity contribution in [2.45, 2.75) is 6.92 Å². The van der Waals surface area contributed by atoms with Crippen molar-refractivity contribution in [1.29, 1.82) is 0 Å². The maximum atomic E-state index is 13.1. The van der Waals surface area contributed by atoms with Gasteiger partial charge in [0.15, 0.2) is 11.6 Å². The van der Waals surface area contributed by atoms with Gasteiger partial charge in [0, 0.05) is 18.7 Å². The summed E-state index contributed by atoms with van der Waals surface area (Å²) in [6.07, 6.45) is -1.43. The van der Waals surface area contributed by atoms with Gasteiger partial charge in [-0.1, -0.05) is 0 Å². The minimum Gasteiger partial charge on any atom is -0.465 e. The molecule has 82 valence electrons. The number of nitrogens with zero attached hydrogens (tertiary/aromatic N) is 1. The minimum absolute atomic E-state index is 0.0582. The summed E-state index contributed by atoms with van der Waals surface area (Å²) in [4.78, 5) is 11.2. The van der Waals surface area contributed by atoms with E-state index < -0.39 is 29.2 Å². The van der Waals surface area contributed by atoms with Gasteiger partial charge >= 0.3 is 6.09 Å². The average Bonchev–Trinajstić information content (AvgIpc) is 2.14. The van der Waals surface area contributed by atoms with Crippen LogP contribution in [-0.4, -0.2) is 17.7 Å². The Labute approximate surface area is 83.7 Å². The van der Waals surface area contributed by atoms with Crippen molar-refractivity contribution in [2.24, 2.45) is 0 Å². The maximum absolute atomic E-state index is 13.1. The van der Waals surface area contributed by atoms with E-state index in [1.54, 1.807) is 0 Å². The summed E-state index contributed by atoms with van der Waals surface area (Å²) in [5.41, 5.74) is -0.496. The highest BCUT2D eigenvalue weighted by Crippen LogP contribution is 2.22. The highest BCUT2D eigenvalue weighted by Gasteiger charge is 2.19. The molecule has 1 aromatic carbocycles. The van der Waals surface area contributed by atoms with E-state index in [0.29, 0.717) is 17.0 Å². The van der Waals surface area contributed by atoms with Gasteiger partial charge in [-0.25, -0.2) is 18.0 Å². The minimum atomic E-state index is -1.43. The van der Waals surface area contributed by atoms with E-state index in [1.807, 2.05) is 0 Å². The summed E-state index contributed by atoms with van der Waals surface area (Å²) in [5.74, 6) is -3.75. The molecule has 1 N–H and O–H groups in total. The summed E-state index contributed by atoms with van der Waals surface area (Å²) in [6.45, 7) is 1.39. The molecule has 6 heteroatoms. The number of halogens is 3. The molecule has 1 amide bonds. The molecule has 0 aliphatic heterocycles. The van der Waals surface area contributed by atoms with Crippen LogP contribution in [0.3, 0.4) is 0 Å². The largest absolute Gasteiger partial charge is 0.465 e. The van der Waals surface area contributed by atoms with Crippen LogP contribution in [0.5, 0.6) is 0 Å². The summed E-state index contributed by atoms with van der Waals surface area (Å²) < 4.78 is 38.4. The molecule has 0 unspecified atom stereocenters. The van der Waals surface area contributed by atoms with Gasteiger partial charge in [0.05, 0.1) is 5.69 Å². The molecular formula is C9H8F3NO2. The molecule has 0 heterocycles. The highest BCUT2D eigenvalue weighted by molar-refractivity contribution is 5.86. The molecule has 0 saturated heterocycles. The van der Waals surface area contributed by atoms with Crippen LogP contribution in [0, 0.1) is 17.5 Å². The van der Waals surface area contributed by atoms with Crippen molar-refractivity contribution >= 4 is 11.8 Å². The Morgan fingerprint density at radius 3 is 2.27 bits per heavy atom. The molecule has 0 saturated carbocycles. The number of hydrogen-bond donors (Lipinski definition) is 1. The van der Waals surface area contributed by atoms with Gasteiger partial charge < -0.3 is 5.11 Å². The number of carbonyl (C=O) groups is 1. The quantitative estimate of drug-likeness (QED) is 0.776. The monoisotopic (exact) mass is 219 g/mol. The Balaban J connectivity index is 3.24. The molecule has 0 spiro atoms. The van der Waals surface area contributed by atoms with Crippen molar-refractivity contribution in [2.75, 3.05) is 11.4 Å². The van der Waals surface area contributed by atoms with Crippen LogP contribution in [0.2, 0.25) is 0 Å². The lowest BCUT2D eigenvalue weighted by Crippen LogP contribution is -2.29. The molecule has 0 aliphatic rings. The number of benzene rings is 1. The van der Waals surface area contributed by atoms with E-state index in [0.717, 1.165) is 0 Å². The van der Waals surface area contributed by atoms with E-state index >= 15 is 0 Å². The molecule has 15 heavy (non-hydrogen) atoms. The zero-order valence-electron chi connectivity index (χ0n) is 7.80. The number of hydrogen-bond acceptors (Lipinski definition) is 1. The van der Waals surface area contributed by atoms with E-state index in [1.165, 1.54) is 6.92 Å². The fourth-order valence-electron chi connectivity index (χ4n) is 1.13. The molecule has 0 aliphatic carbocycles. The van der Waals surface area contributed by atoms with Crippen LogP contribution in [0.1, 0.15) is 6.92 Å². The van der Waals surface area contributed by atoms with Crippen molar-refractivity contribution in [3.63, 3.8) is 0 Å². The van der Waals surface area contributed by atoms with E-state index in [4.69, 9.17) is 5.11 Å². The van der Waals surface area contributed by atoms with Crippen molar-refractivity contribution < 1.29 is 23.1 Å². The van der Waals surface area contributed by atoms with Gasteiger partial charge in [-0.15, -0.1) is 0 Å². The smallest absolute Gasteiger partial charge is 0.411 e. The number of amides is 1. The van der Waals surface area contributed by atoms with Gasteiger partial charge in [-0.3, -0.25) is 4.90 Å². The summed E-state index contributed by atoms with van der Waals surface area (Å²) >= 11 is 0. The lowest BCUT2D eigenvalue weighted by atomic mass is 10.2. The lowest BCUT2D eigenvalue weighted by molar-refractivity contribution is 0.202. The predicted octanol–water partition coefficient (Wildman–Crippen LogP) is 2.61. The van der Waals surface area contributed by atoms with Gasteiger partial charge in [-0.2, -0.15) is 0 Å². The molecule has 0 radical (unpaired) electrons. The van der Waals surface area contributed by atoms with Crippen LogP contribution in [0.4, 0.5) is 23.7 Å². The van der Waals surface area contributed by atoms with Crippen molar-refractivity contribution in [1.82, 2.24) is 0 Å². The van der Waals surface area contributed by atoms with Gasteiger partial charge in [0.2, 0.25) is 0 Å². The predicted molar refractivity (Wildman–Crippen MR) is 47.4 cm³/mol. The van der Waals surface area contributed by atoms with E-state index in [2.05, 4.69) is 0 Å². The zero-order chi connectivity index (χ0) is 11.6. The first-order chi connectivity index (χ1) is 6.97. The first kappa shape index (κ1) is 11.4. The Hall–Kier alpha value is -1.72. The number of anilines is 1. The van der Waals surface area contributed by atoms with Gasteiger partial charge in [0.1, 0.15) is 5.82 Å². The molecule has 0 aromatic heterocycles. The van der Waals surface area contributed by atoms with E-state index in [-0.39, 0.29) is 6.54 Å². The first-order valence-corrected chi connectivity index (χ1v) is 4.12. The van der Waals surface area contributed by atoms with E-state index in [9.17, 15) is 18.0 Å². The summed E-state index contributed by atoms with van der Waals surface area (Å²) in [7, 11) is 0. The SMILES string of the molecule is CCN(C(=O)O)c1cc(F)c(F)cc1F. The summed E-state index contributed by atoms with van der Waals surface area (Å²) in [5, 5.41) is 8.65. The van der Waals surface area contributed by atoms with Gasteiger partial charge in [-0.05, 0) is 6.92 Å². The second-order valence-electron chi connectivity index (χ2n) is 2.74. The summed E-state index contributed by atoms with van der Waals surface area (Å²) in [6, 6.07) is 0.832. The van der Waals surface area contributed by atoms with Crippen molar-refractivity contribution in [3.8, 4) is 0 Å². The second-order valence-corrected chi connectivity index (χ2v) is 2.74.